The van der Waals surface area contributed by atoms with Gasteiger partial charge in [0.15, 0.2) is 0 Å². The Kier molecular flexibility index (Phi) is 6.84. The Labute approximate surface area is 152 Å². The minimum Gasteiger partial charge on any atom is -0.0880 e. The van der Waals surface area contributed by atoms with Crippen molar-refractivity contribution >= 4 is 85.3 Å². The molecular weight excluding hydrogens is 528 g/mol. The van der Waals surface area contributed by atoms with E-state index in [-0.39, 0.29) is 6.47 Å². The van der Waals surface area contributed by atoms with Gasteiger partial charge in [0.1, 0.15) is 0 Å². The molecule has 0 spiro atoms. The lowest BCUT2D eigenvalue weighted by molar-refractivity contribution is 0.513. The molecule has 18 heavy (non-hydrogen) atoms. The molecule has 0 bridgehead atoms. The molecule has 0 aliphatic heterocycles. The molecule has 0 amide bonds. The number of hydrogen-bond acceptors (Lipinski definition) is 2. The summed E-state index contributed by atoms with van der Waals surface area (Å²) < 4.78 is 0.317. The van der Waals surface area contributed by atoms with Crippen molar-refractivity contribution in [1.82, 2.24) is 0 Å². The predicted octanol–water partition coefficient (Wildman–Crippen LogP) is 7.23. The summed E-state index contributed by atoms with van der Waals surface area (Å²) in [7, 11) is 4.15. The van der Waals surface area contributed by atoms with Gasteiger partial charge in [-0.1, -0.05) is 111 Å². The highest BCUT2D eigenvalue weighted by molar-refractivity contribution is 9.26. The van der Waals surface area contributed by atoms with Crippen LogP contribution in [0.15, 0.2) is 0 Å². The zero-order valence-corrected chi connectivity index (χ0v) is 18.1. The first-order valence-corrected chi connectivity index (χ1v) is 11.9. The van der Waals surface area contributed by atoms with Gasteiger partial charge in [0, 0.05) is 10.5 Å². The molecule has 6 heteroatoms. The Morgan fingerprint density at radius 2 is 1.06 bits per heavy atom. The van der Waals surface area contributed by atoms with E-state index in [4.69, 9.17) is 0 Å². The van der Waals surface area contributed by atoms with Gasteiger partial charge < -0.3 is 0 Å². The van der Waals surface area contributed by atoms with Crippen molar-refractivity contribution in [3.8, 4) is 0 Å². The molecule has 0 heterocycles. The van der Waals surface area contributed by atoms with E-state index in [1.54, 1.807) is 0 Å². The Hall–Kier alpha value is 2.62. The smallest absolute Gasteiger partial charge is 0.0880 e. The summed E-state index contributed by atoms with van der Waals surface area (Å²) in [6.07, 6.45) is 10.5. The molecule has 0 radical (unpaired) electrons. The Bertz CT molecular complexity index is 255. The molecule has 2 unspecified atom stereocenters. The number of hydrogen-bond donors (Lipinski definition) is 0. The van der Waals surface area contributed by atoms with E-state index in [9.17, 15) is 0 Å². The van der Waals surface area contributed by atoms with E-state index < -0.39 is 0 Å². The molecule has 2 atom stereocenters. The maximum Gasteiger partial charge on any atom is 0.0931 e. The normalized spacial score (nSPS) is 35.3. The molecular formula is C12H18Br4S2. The van der Waals surface area contributed by atoms with Crippen molar-refractivity contribution in [3.63, 3.8) is 0 Å². The summed E-state index contributed by atoms with van der Waals surface area (Å²) in [6, 6.07) is 0. The Morgan fingerprint density at radius 3 is 1.39 bits per heavy atom. The van der Waals surface area contributed by atoms with Crippen LogP contribution in [0.3, 0.4) is 0 Å². The van der Waals surface area contributed by atoms with E-state index in [2.05, 4.69) is 85.3 Å². The van der Waals surface area contributed by atoms with Crippen LogP contribution in [-0.2, 0) is 0 Å². The van der Waals surface area contributed by atoms with Crippen LogP contribution in [0.5, 0.6) is 0 Å². The fraction of sp³-hybridized carbons (Fsp3) is 1.00. The van der Waals surface area contributed by atoms with Gasteiger partial charge in [0.2, 0.25) is 0 Å². The first-order chi connectivity index (χ1) is 8.42. The van der Waals surface area contributed by atoms with Crippen LogP contribution in [0.1, 0.15) is 51.4 Å². The van der Waals surface area contributed by atoms with Crippen molar-refractivity contribution < 1.29 is 0 Å². The molecule has 0 saturated heterocycles. The third-order valence-corrected chi connectivity index (χ3v) is 12.3. The van der Waals surface area contributed by atoms with Crippen LogP contribution in [0, 0.1) is 0 Å². The minimum absolute atomic E-state index is 0.159. The highest BCUT2D eigenvalue weighted by atomic mass is 79.9. The number of rotatable bonds is 3. The van der Waals surface area contributed by atoms with Gasteiger partial charge in [-0.15, -0.1) is 0 Å². The lowest BCUT2D eigenvalue weighted by atomic mass is 10.00. The highest BCUT2D eigenvalue weighted by Crippen LogP contribution is 2.55. The standard InChI is InChI=1S/C12H18Br4S2/c13-11(14)7-3-1-5-9(11)17-18-10-6-2-4-8-12(10,15)16/h9-10H,1-8H2. The molecule has 0 aromatic carbocycles. The van der Waals surface area contributed by atoms with Gasteiger partial charge in [-0.3, -0.25) is 0 Å². The lowest BCUT2D eigenvalue weighted by Crippen LogP contribution is -2.33. The van der Waals surface area contributed by atoms with Gasteiger partial charge in [-0.05, 0) is 25.7 Å². The highest BCUT2D eigenvalue weighted by Gasteiger charge is 2.40. The summed E-state index contributed by atoms with van der Waals surface area (Å²) in [4.78, 5) is 0. The second-order valence-electron chi connectivity index (χ2n) is 5.18. The molecule has 2 saturated carbocycles. The van der Waals surface area contributed by atoms with Crippen molar-refractivity contribution in [1.29, 1.82) is 0 Å². The van der Waals surface area contributed by atoms with Crippen LogP contribution >= 0.6 is 85.3 Å². The molecule has 106 valence electrons. The zero-order valence-electron chi connectivity index (χ0n) is 10.1. The summed E-state index contributed by atoms with van der Waals surface area (Å²) in [6.45, 7) is 0. The van der Waals surface area contributed by atoms with Crippen LogP contribution in [0.4, 0.5) is 0 Å². The van der Waals surface area contributed by atoms with Crippen molar-refractivity contribution in [2.24, 2.45) is 0 Å². The van der Waals surface area contributed by atoms with E-state index >= 15 is 0 Å². The van der Waals surface area contributed by atoms with Gasteiger partial charge >= 0.3 is 0 Å². The van der Waals surface area contributed by atoms with Gasteiger partial charge in [0.05, 0.1) is 6.47 Å². The summed E-state index contributed by atoms with van der Waals surface area (Å²) in [5.74, 6) is 0. The largest absolute Gasteiger partial charge is 0.0931 e. The quantitative estimate of drug-likeness (QED) is 0.271. The lowest BCUT2D eigenvalue weighted by Gasteiger charge is -2.38. The van der Waals surface area contributed by atoms with E-state index in [1.165, 1.54) is 51.4 Å². The molecule has 2 aliphatic rings. The van der Waals surface area contributed by atoms with Gasteiger partial charge in [-0.2, -0.15) is 0 Å². The first-order valence-electron chi connectivity index (χ1n) is 6.49. The fourth-order valence-electron chi connectivity index (χ4n) is 2.50. The Morgan fingerprint density at radius 1 is 0.667 bits per heavy atom. The summed E-state index contributed by atoms with van der Waals surface area (Å²) >= 11 is 15.5. The second-order valence-corrected chi connectivity index (χ2v) is 15.6. The summed E-state index contributed by atoms with van der Waals surface area (Å²) in [5.41, 5.74) is 0. The molecule has 0 N–H and O–H groups in total. The van der Waals surface area contributed by atoms with E-state index in [0.29, 0.717) is 10.5 Å². The van der Waals surface area contributed by atoms with Crippen LogP contribution in [0.25, 0.3) is 0 Å². The first kappa shape index (κ1) is 17.0. The van der Waals surface area contributed by atoms with Crippen molar-refractivity contribution in [3.05, 3.63) is 0 Å². The van der Waals surface area contributed by atoms with E-state index in [0.717, 1.165) is 0 Å². The van der Waals surface area contributed by atoms with Crippen LogP contribution < -0.4 is 0 Å². The third-order valence-electron chi connectivity index (χ3n) is 3.68. The number of alkyl halides is 4. The fourth-order valence-corrected chi connectivity index (χ4v) is 10.8. The third kappa shape index (κ3) is 4.56. The average Bonchev–Trinajstić information content (AvgIpc) is 2.28. The maximum absolute atomic E-state index is 3.87. The average molecular weight is 546 g/mol. The van der Waals surface area contributed by atoms with Crippen molar-refractivity contribution in [2.75, 3.05) is 0 Å². The zero-order chi connectivity index (χ0) is 13.2. The second kappa shape index (κ2) is 7.26. The van der Waals surface area contributed by atoms with E-state index in [1.807, 2.05) is 0 Å². The molecule has 2 aliphatic carbocycles. The molecule has 0 nitrogen and oxygen atoms in total. The molecule has 2 rings (SSSR count). The van der Waals surface area contributed by atoms with Gasteiger partial charge in [-0.25, -0.2) is 0 Å². The molecule has 2 fully saturated rings. The van der Waals surface area contributed by atoms with Crippen LogP contribution in [0.2, 0.25) is 0 Å². The SMILES string of the molecule is BrC1(Br)CCCCC1SSC1CCCCC1(Br)Br. The Balaban J connectivity index is 1.86. The van der Waals surface area contributed by atoms with Crippen molar-refractivity contribution in [2.45, 2.75) is 68.3 Å². The van der Waals surface area contributed by atoms with Crippen LogP contribution in [-0.4, -0.2) is 17.0 Å². The van der Waals surface area contributed by atoms with Gasteiger partial charge in [0.25, 0.3) is 0 Å². The topological polar surface area (TPSA) is 0 Å². The maximum atomic E-state index is 3.87. The molecule has 0 aromatic rings. The summed E-state index contributed by atoms with van der Waals surface area (Å²) in [5, 5.41) is 1.35. The number of halogens is 4. The molecule has 0 aromatic heterocycles. The monoisotopic (exact) mass is 542 g/mol. The minimum atomic E-state index is 0.159. The predicted molar refractivity (Wildman–Crippen MR) is 101 cm³/mol.